The molecule has 4 aromatic rings. The third kappa shape index (κ3) is 3.30. The monoisotopic (exact) mass is 417 g/mol. The zero-order chi connectivity index (χ0) is 19.7. The van der Waals surface area contributed by atoms with Gasteiger partial charge in [-0.15, -0.1) is 11.3 Å². The van der Waals surface area contributed by atoms with Crippen molar-refractivity contribution in [1.82, 2.24) is 19.5 Å². The Morgan fingerprint density at radius 1 is 1.07 bits per heavy atom. The van der Waals surface area contributed by atoms with E-state index in [2.05, 4.69) is 20.3 Å². The van der Waals surface area contributed by atoms with E-state index in [4.69, 9.17) is 25.8 Å². The summed E-state index contributed by atoms with van der Waals surface area (Å²) in [6.45, 7) is 0. The standard InChI is InChI=1S/C18H16ClN5O3S/c1-25-12-6-10(7-13(26-2)15(12)27-3)24-8-14(20-9-24)22-17-16-11(4-5-28-16)21-18(19)23-17/h4-9H,1-3H3,(H,21,22,23). The van der Waals surface area contributed by atoms with E-state index in [1.807, 2.05) is 34.3 Å². The van der Waals surface area contributed by atoms with Crippen molar-refractivity contribution < 1.29 is 14.2 Å². The van der Waals surface area contributed by atoms with Crippen molar-refractivity contribution in [1.29, 1.82) is 0 Å². The molecule has 0 aliphatic heterocycles. The second kappa shape index (κ2) is 7.53. The Labute approximate surface area is 169 Å². The van der Waals surface area contributed by atoms with Gasteiger partial charge in [-0.05, 0) is 23.0 Å². The lowest BCUT2D eigenvalue weighted by molar-refractivity contribution is 0.324. The first-order valence-corrected chi connectivity index (χ1v) is 9.41. The number of methoxy groups -OCH3 is 3. The summed E-state index contributed by atoms with van der Waals surface area (Å²) in [5, 5.41) is 5.32. The molecular weight excluding hydrogens is 402 g/mol. The quantitative estimate of drug-likeness (QED) is 0.468. The number of halogens is 1. The molecule has 0 aliphatic carbocycles. The lowest BCUT2D eigenvalue weighted by atomic mass is 10.2. The Bertz CT molecular complexity index is 1120. The Morgan fingerprint density at radius 2 is 1.82 bits per heavy atom. The highest BCUT2D eigenvalue weighted by Crippen LogP contribution is 2.39. The molecule has 0 saturated heterocycles. The number of hydrogen-bond donors (Lipinski definition) is 1. The topological polar surface area (TPSA) is 83.3 Å². The van der Waals surface area contributed by atoms with Crippen molar-refractivity contribution in [3.8, 4) is 22.9 Å². The van der Waals surface area contributed by atoms with Crippen molar-refractivity contribution in [3.63, 3.8) is 0 Å². The highest BCUT2D eigenvalue weighted by Gasteiger charge is 2.15. The fourth-order valence-electron chi connectivity index (χ4n) is 2.79. The maximum Gasteiger partial charge on any atom is 0.224 e. The summed E-state index contributed by atoms with van der Waals surface area (Å²) in [5.41, 5.74) is 1.59. The maximum atomic E-state index is 6.02. The molecule has 3 heterocycles. The van der Waals surface area contributed by atoms with Gasteiger partial charge in [-0.3, -0.25) is 0 Å². The lowest BCUT2D eigenvalue weighted by Gasteiger charge is -2.14. The van der Waals surface area contributed by atoms with Gasteiger partial charge in [-0.2, -0.15) is 4.98 Å². The van der Waals surface area contributed by atoms with Crippen molar-refractivity contribution >= 4 is 44.8 Å². The van der Waals surface area contributed by atoms with Crippen LogP contribution in [0.5, 0.6) is 17.2 Å². The molecule has 144 valence electrons. The third-order valence-corrected chi connectivity index (χ3v) is 5.13. The number of nitrogens with one attached hydrogen (secondary N) is 1. The highest BCUT2D eigenvalue weighted by molar-refractivity contribution is 7.17. The second-order valence-corrected chi connectivity index (χ2v) is 6.91. The number of fused-ring (bicyclic) bond motifs is 1. The van der Waals surface area contributed by atoms with Crippen LogP contribution in [0, 0.1) is 0 Å². The Hall–Kier alpha value is -3.04. The molecule has 1 N–H and O–H groups in total. The zero-order valence-electron chi connectivity index (χ0n) is 15.3. The zero-order valence-corrected chi connectivity index (χ0v) is 16.8. The number of hydrogen-bond acceptors (Lipinski definition) is 8. The minimum Gasteiger partial charge on any atom is -0.493 e. The van der Waals surface area contributed by atoms with Crippen molar-refractivity contribution in [2.24, 2.45) is 0 Å². The molecule has 28 heavy (non-hydrogen) atoms. The first kappa shape index (κ1) is 18.3. The van der Waals surface area contributed by atoms with Gasteiger partial charge in [0.05, 0.1) is 43.4 Å². The second-order valence-electron chi connectivity index (χ2n) is 5.65. The van der Waals surface area contributed by atoms with Gasteiger partial charge < -0.3 is 24.1 Å². The fourth-order valence-corrected chi connectivity index (χ4v) is 3.74. The molecule has 0 fully saturated rings. The lowest BCUT2D eigenvalue weighted by Crippen LogP contribution is -1.99. The largest absolute Gasteiger partial charge is 0.493 e. The predicted molar refractivity (Wildman–Crippen MR) is 109 cm³/mol. The summed E-state index contributed by atoms with van der Waals surface area (Å²) in [7, 11) is 4.72. The van der Waals surface area contributed by atoms with Gasteiger partial charge >= 0.3 is 0 Å². The van der Waals surface area contributed by atoms with E-state index in [0.29, 0.717) is 28.9 Å². The van der Waals surface area contributed by atoms with E-state index in [-0.39, 0.29) is 5.28 Å². The van der Waals surface area contributed by atoms with Gasteiger partial charge in [0.25, 0.3) is 0 Å². The fraction of sp³-hybridized carbons (Fsp3) is 0.167. The normalized spacial score (nSPS) is 10.9. The van der Waals surface area contributed by atoms with Crippen LogP contribution in [0.3, 0.4) is 0 Å². The number of benzene rings is 1. The summed E-state index contributed by atoms with van der Waals surface area (Å²) in [4.78, 5) is 12.9. The molecule has 10 heteroatoms. The molecule has 0 aliphatic rings. The summed E-state index contributed by atoms with van der Waals surface area (Å²) < 4.78 is 18.9. The van der Waals surface area contributed by atoms with E-state index < -0.39 is 0 Å². The molecule has 0 saturated carbocycles. The van der Waals surface area contributed by atoms with Crippen LogP contribution in [-0.2, 0) is 0 Å². The predicted octanol–water partition coefficient (Wildman–Crippen LogP) is 4.30. The maximum absolute atomic E-state index is 6.02. The van der Waals surface area contributed by atoms with Gasteiger partial charge in [0.15, 0.2) is 17.3 Å². The minimum absolute atomic E-state index is 0.178. The van der Waals surface area contributed by atoms with Crippen molar-refractivity contribution in [2.75, 3.05) is 26.6 Å². The van der Waals surface area contributed by atoms with Gasteiger partial charge in [0.1, 0.15) is 12.1 Å². The van der Waals surface area contributed by atoms with E-state index >= 15 is 0 Å². The van der Waals surface area contributed by atoms with Crippen LogP contribution >= 0.6 is 22.9 Å². The van der Waals surface area contributed by atoms with Gasteiger partial charge in [0.2, 0.25) is 11.0 Å². The number of anilines is 2. The molecule has 0 radical (unpaired) electrons. The minimum atomic E-state index is 0.178. The smallest absolute Gasteiger partial charge is 0.224 e. The molecule has 0 bridgehead atoms. The molecule has 0 unspecified atom stereocenters. The van der Waals surface area contributed by atoms with E-state index in [0.717, 1.165) is 15.9 Å². The van der Waals surface area contributed by atoms with Gasteiger partial charge in [-0.25, -0.2) is 9.97 Å². The van der Waals surface area contributed by atoms with Crippen LogP contribution < -0.4 is 19.5 Å². The molecule has 4 rings (SSSR count). The van der Waals surface area contributed by atoms with Crippen molar-refractivity contribution in [2.45, 2.75) is 0 Å². The van der Waals surface area contributed by atoms with Crippen LogP contribution in [0.15, 0.2) is 36.1 Å². The molecule has 0 spiro atoms. The summed E-state index contributed by atoms with van der Waals surface area (Å²) >= 11 is 7.55. The van der Waals surface area contributed by atoms with E-state index in [1.165, 1.54) is 11.3 Å². The Balaban J connectivity index is 1.69. The van der Waals surface area contributed by atoms with E-state index in [9.17, 15) is 0 Å². The van der Waals surface area contributed by atoms with Crippen LogP contribution in [-0.4, -0.2) is 40.8 Å². The molecule has 0 atom stereocenters. The van der Waals surface area contributed by atoms with Crippen LogP contribution in [0.25, 0.3) is 15.9 Å². The van der Waals surface area contributed by atoms with Crippen LogP contribution in [0.2, 0.25) is 5.28 Å². The first-order chi connectivity index (χ1) is 13.6. The first-order valence-electron chi connectivity index (χ1n) is 8.15. The number of thiophene rings is 1. The molecule has 8 nitrogen and oxygen atoms in total. The number of rotatable bonds is 6. The van der Waals surface area contributed by atoms with Gasteiger partial charge in [0, 0.05) is 12.1 Å². The molecule has 1 aromatic carbocycles. The molecular formula is C18H16ClN5O3S. The van der Waals surface area contributed by atoms with Crippen LogP contribution in [0.1, 0.15) is 0 Å². The highest BCUT2D eigenvalue weighted by atomic mass is 35.5. The number of imidazole rings is 1. The third-order valence-electron chi connectivity index (χ3n) is 4.05. The van der Waals surface area contributed by atoms with Crippen molar-refractivity contribution in [3.05, 3.63) is 41.4 Å². The average molecular weight is 418 g/mol. The average Bonchev–Trinajstić information content (AvgIpc) is 3.36. The number of ether oxygens (including phenoxy) is 3. The molecule has 0 amide bonds. The SMILES string of the molecule is COc1cc(-n2cnc(Nc3nc(Cl)nc4ccsc34)c2)cc(OC)c1OC. The van der Waals surface area contributed by atoms with Crippen LogP contribution in [0.4, 0.5) is 11.6 Å². The Kier molecular flexibility index (Phi) is 4.93. The van der Waals surface area contributed by atoms with Gasteiger partial charge in [-0.1, -0.05) is 0 Å². The molecule has 3 aromatic heterocycles. The summed E-state index contributed by atoms with van der Waals surface area (Å²) in [6.07, 6.45) is 3.51. The summed E-state index contributed by atoms with van der Waals surface area (Å²) in [6, 6.07) is 5.57. The Morgan fingerprint density at radius 3 is 2.50 bits per heavy atom. The number of aromatic nitrogens is 4. The van der Waals surface area contributed by atoms with E-state index in [1.54, 1.807) is 27.7 Å². The number of nitrogens with zero attached hydrogens (tertiary/aromatic N) is 4. The summed E-state index contributed by atoms with van der Waals surface area (Å²) in [5.74, 6) is 2.87.